The van der Waals surface area contributed by atoms with Gasteiger partial charge in [0.15, 0.2) is 0 Å². The van der Waals surface area contributed by atoms with Crippen molar-refractivity contribution in [2.45, 2.75) is 25.8 Å². The summed E-state index contributed by atoms with van der Waals surface area (Å²) in [6.45, 7) is 1.99. The van der Waals surface area contributed by atoms with E-state index in [-0.39, 0.29) is 24.4 Å². The average Bonchev–Trinajstić information content (AvgIpc) is 3.19. The van der Waals surface area contributed by atoms with Gasteiger partial charge in [0.1, 0.15) is 12.6 Å². The van der Waals surface area contributed by atoms with Crippen molar-refractivity contribution in [1.82, 2.24) is 5.32 Å². The summed E-state index contributed by atoms with van der Waals surface area (Å²) in [5, 5.41) is 3.37. The van der Waals surface area contributed by atoms with Gasteiger partial charge in [-0.15, -0.1) is 0 Å². The van der Waals surface area contributed by atoms with Gasteiger partial charge in [0.05, 0.1) is 0 Å². The lowest BCUT2D eigenvalue weighted by Gasteiger charge is -2.33. The Morgan fingerprint density at radius 3 is 2.74 bits per heavy atom. The summed E-state index contributed by atoms with van der Waals surface area (Å²) in [7, 11) is 0. The van der Waals surface area contributed by atoms with E-state index in [1.165, 1.54) is 0 Å². The highest BCUT2D eigenvalue weighted by atomic mass is 35.5. The Balaban J connectivity index is 1.95. The third-order valence-corrected chi connectivity index (χ3v) is 3.94. The van der Waals surface area contributed by atoms with Gasteiger partial charge < -0.3 is 10.2 Å². The summed E-state index contributed by atoms with van der Waals surface area (Å²) in [5.41, 5.74) is 1.68. The third-order valence-electron chi connectivity index (χ3n) is 3.71. The highest BCUT2D eigenvalue weighted by Crippen LogP contribution is 2.36. The highest BCUT2D eigenvalue weighted by Gasteiger charge is 2.43. The van der Waals surface area contributed by atoms with Gasteiger partial charge in [-0.1, -0.05) is 17.7 Å². The molecule has 1 aromatic carbocycles. The van der Waals surface area contributed by atoms with E-state index in [0.29, 0.717) is 10.9 Å². The van der Waals surface area contributed by atoms with Crippen molar-refractivity contribution in [3.8, 4) is 0 Å². The molecule has 1 aromatic rings. The Labute approximate surface area is 116 Å². The molecule has 2 amide bonds. The van der Waals surface area contributed by atoms with Crippen LogP contribution in [0.25, 0.3) is 0 Å². The van der Waals surface area contributed by atoms with Crippen molar-refractivity contribution in [2.24, 2.45) is 5.92 Å². The molecule has 1 aliphatic carbocycles. The van der Waals surface area contributed by atoms with Crippen LogP contribution in [0.15, 0.2) is 18.2 Å². The minimum absolute atomic E-state index is 0.0209. The first-order valence-corrected chi connectivity index (χ1v) is 6.81. The Hall–Kier alpha value is -1.55. The molecule has 1 saturated heterocycles. The second-order valence-electron chi connectivity index (χ2n) is 5.24. The molecule has 3 rings (SSSR count). The number of halogens is 1. The molecule has 1 N–H and O–H groups in total. The van der Waals surface area contributed by atoms with E-state index >= 15 is 0 Å². The van der Waals surface area contributed by atoms with Crippen LogP contribution >= 0.6 is 11.6 Å². The molecule has 1 unspecified atom stereocenters. The SMILES string of the molecule is Cc1ccc(Cl)cc1N1CC(=O)NC(C2CC2)C1=O. The molecule has 2 fully saturated rings. The predicted octanol–water partition coefficient (Wildman–Crippen LogP) is 1.89. The molecule has 5 heteroatoms. The van der Waals surface area contributed by atoms with Crippen LogP contribution in [0.2, 0.25) is 5.02 Å². The fourth-order valence-electron chi connectivity index (χ4n) is 2.50. The normalized spacial score (nSPS) is 23.5. The van der Waals surface area contributed by atoms with Gasteiger partial charge in [0.25, 0.3) is 0 Å². The summed E-state index contributed by atoms with van der Waals surface area (Å²) < 4.78 is 0. The molecule has 1 heterocycles. The van der Waals surface area contributed by atoms with Crippen LogP contribution < -0.4 is 10.2 Å². The van der Waals surface area contributed by atoms with Crippen LogP contribution in [-0.4, -0.2) is 24.4 Å². The molecular weight excluding hydrogens is 264 g/mol. The molecule has 1 atom stereocenters. The maximum absolute atomic E-state index is 12.5. The fourth-order valence-corrected chi connectivity index (χ4v) is 2.66. The quantitative estimate of drug-likeness (QED) is 0.898. The molecule has 0 bridgehead atoms. The zero-order valence-corrected chi connectivity index (χ0v) is 11.4. The van der Waals surface area contributed by atoms with Gasteiger partial charge in [-0.05, 0) is 43.4 Å². The van der Waals surface area contributed by atoms with Gasteiger partial charge in [-0.25, -0.2) is 0 Å². The Bertz CT molecular complexity index is 554. The number of piperazine rings is 1. The molecule has 0 aromatic heterocycles. The molecule has 2 aliphatic rings. The van der Waals surface area contributed by atoms with Gasteiger partial charge >= 0.3 is 0 Å². The maximum atomic E-state index is 12.5. The van der Waals surface area contributed by atoms with Crippen LogP contribution in [0.3, 0.4) is 0 Å². The van der Waals surface area contributed by atoms with E-state index in [4.69, 9.17) is 11.6 Å². The lowest BCUT2D eigenvalue weighted by molar-refractivity contribution is -0.131. The molecule has 4 nitrogen and oxygen atoms in total. The first-order chi connectivity index (χ1) is 9.06. The number of hydrogen-bond acceptors (Lipinski definition) is 2. The van der Waals surface area contributed by atoms with Gasteiger partial charge in [0.2, 0.25) is 11.8 Å². The number of anilines is 1. The van der Waals surface area contributed by atoms with E-state index in [1.54, 1.807) is 17.0 Å². The van der Waals surface area contributed by atoms with Crippen LogP contribution in [-0.2, 0) is 9.59 Å². The number of carbonyl (C=O) groups excluding carboxylic acids is 2. The standard InChI is InChI=1S/C14H15ClN2O2/c1-8-2-5-10(15)6-11(8)17-7-12(18)16-13(14(17)19)9-3-4-9/h2,5-6,9,13H,3-4,7H2,1H3,(H,16,18). The second kappa shape index (κ2) is 4.53. The van der Waals surface area contributed by atoms with E-state index in [0.717, 1.165) is 24.1 Å². The molecule has 100 valence electrons. The van der Waals surface area contributed by atoms with E-state index in [9.17, 15) is 9.59 Å². The largest absolute Gasteiger partial charge is 0.342 e. The van der Waals surface area contributed by atoms with E-state index in [1.807, 2.05) is 13.0 Å². The van der Waals surface area contributed by atoms with Gasteiger partial charge in [-0.2, -0.15) is 0 Å². The summed E-state index contributed by atoms with van der Waals surface area (Å²) in [6.07, 6.45) is 2.03. The van der Waals surface area contributed by atoms with Gasteiger partial charge in [0, 0.05) is 10.7 Å². The predicted molar refractivity (Wildman–Crippen MR) is 73.2 cm³/mol. The highest BCUT2D eigenvalue weighted by molar-refractivity contribution is 6.31. The monoisotopic (exact) mass is 278 g/mol. The first kappa shape index (κ1) is 12.5. The molecule has 1 saturated carbocycles. The number of nitrogens with zero attached hydrogens (tertiary/aromatic N) is 1. The fraction of sp³-hybridized carbons (Fsp3) is 0.429. The topological polar surface area (TPSA) is 49.4 Å². The number of aryl methyl sites for hydroxylation is 1. The lowest BCUT2D eigenvalue weighted by Crippen LogP contribution is -2.59. The van der Waals surface area contributed by atoms with Crippen molar-refractivity contribution in [3.63, 3.8) is 0 Å². The summed E-state index contributed by atoms with van der Waals surface area (Å²) in [6, 6.07) is 5.04. The Kier molecular flexibility index (Phi) is 2.97. The van der Waals surface area contributed by atoms with Crippen molar-refractivity contribution in [2.75, 3.05) is 11.4 Å². The number of hydrogen-bond donors (Lipinski definition) is 1. The number of nitrogens with one attached hydrogen (secondary N) is 1. The van der Waals surface area contributed by atoms with Crippen LogP contribution in [0, 0.1) is 12.8 Å². The minimum atomic E-state index is -0.361. The second-order valence-corrected chi connectivity index (χ2v) is 5.67. The van der Waals surface area contributed by atoms with Crippen molar-refractivity contribution >= 4 is 29.1 Å². The van der Waals surface area contributed by atoms with Crippen molar-refractivity contribution < 1.29 is 9.59 Å². The lowest BCUT2D eigenvalue weighted by atomic mass is 10.1. The average molecular weight is 279 g/mol. The number of amides is 2. The maximum Gasteiger partial charge on any atom is 0.250 e. The smallest absolute Gasteiger partial charge is 0.250 e. The molecule has 0 radical (unpaired) electrons. The van der Waals surface area contributed by atoms with Crippen LogP contribution in [0.1, 0.15) is 18.4 Å². The van der Waals surface area contributed by atoms with E-state index < -0.39 is 0 Å². The molecule has 19 heavy (non-hydrogen) atoms. The Morgan fingerprint density at radius 2 is 2.05 bits per heavy atom. The summed E-state index contributed by atoms with van der Waals surface area (Å²) in [4.78, 5) is 25.8. The van der Waals surface area contributed by atoms with E-state index in [2.05, 4.69) is 5.32 Å². The molecule has 1 aliphatic heterocycles. The summed E-state index contributed by atoms with van der Waals surface area (Å²) >= 11 is 5.99. The zero-order valence-electron chi connectivity index (χ0n) is 10.6. The minimum Gasteiger partial charge on any atom is -0.342 e. The van der Waals surface area contributed by atoms with Crippen molar-refractivity contribution in [3.05, 3.63) is 28.8 Å². The third kappa shape index (κ3) is 2.32. The Morgan fingerprint density at radius 1 is 1.32 bits per heavy atom. The first-order valence-electron chi connectivity index (χ1n) is 6.43. The van der Waals surface area contributed by atoms with Crippen LogP contribution in [0.4, 0.5) is 5.69 Å². The number of carbonyl (C=O) groups is 2. The molecule has 0 spiro atoms. The summed E-state index contributed by atoms with van der Waals surface area (Å²) in [5.74, 6) is 0.182. The number of rotatable bonds is 2. The number of benzene rings is 1. The van der Waals surface area contributed by atoms with Crippen molar-refractivity contribution in [1.29, 1.82) is 0 Å². The molecular formula is C14H15ClN2O2. The van der Waals surface area contributed by atoms with Gasteiger partial charge in [-0.3, -0.25) is 9.59 Å². The zero-order chi connectivity index (χ0) is 13.6. The van der Waals surface area contributed by atoms with Crippen LogP contribution in [0.5, 0.6) is 0 Å².